The van der Waals surface area contributed by atoms with E-state index in [0.29, 0.717) is 26.9 Å². The highest BCUT2D eigenvalue weighted by Crippen LogP contribution is 2.39. The number of carbonyl (C=O) groups is 2. The lowest BCUT2D eigenvalue weighted by Crippen LogP contribution is -2.42. The molecule has 4 rings (SSSR count). The summed E-state index contributed by atoms with van der Waals surface area (Å²) in [6.07, 6.45) is 8.35. The average molecular weight is 407 g/mol. The third kappa shape index (κ3) is 3.50. The quantitative estimate of drug-likeness (QED) is 0.529. The maximum Gasteiger partial charge on any atom is 0.278 e. The molecule has 27 heavy (non-hydrogen) atoms. The van der Waals surface area contributed by atoms with E-state index < -0.39 is 0 Å². The predicted octanol–water partition coefficient (Wildman–Crippen LogP) is 4.89. The number of hydrogen-bond acceptors (Lipinski definition) is 3. The van der Waals surface area contributed by atoms with Crippen molar-refractivity contribution in [2.75, 3.05) is 13.1 Å². The second-order valence-electron chi connectivity index (χ2n) is 7.67. The van der Waals surface area contributed by atoms with Crippen LogP contribution in [0.1, 0.15) is 56.9 Å². The fourth-order valence-electron chi connectivity index (χ4n) is 4.55. The summed E-state index contributed by atoms with van der Waals surface area (Å²) < 4.78 is 0. The normalized spacial score (nSPS) is 22.1. The highest BCUT2D eigenvalue weighted by molar-refractivity contribution is 6.41. The van der Waals surface area contributed by atoms with Gasteiger partial charge in [-0.2, -0.15) is 0 Å². The number of imide groups is 1. The molecule has 2 aliphatic heterocycles. The van der Waals surface area contributed by atoms with E-state index in [-0.39, 0.29) is 17.9 Å². The number of amides is 2. The molecular weight excluding hydrogens is 383 g/mol. The number of rotatable bonds is 3. The third-order valence-corrected chi connectivity index (χ3v) is 6.45. The van der Waals surface area contributed by atoms with Gasteiger partial charge < -0.3 is 4.90 Å². The Morgan fingerprint density at radius 1 is 0.852 bits per heavy atom. The topological polar surface area (TPSA) is 40.6 Å². The molecule has 0 atom stereocenters. The SMILES string of the molecule is O=C1C(c2ccc(Cl)cc2Cl)=C(N2CCCC2)C(=O)N1C1CCCCCC1. The van der Waals surface area contributed by atoms with E-state index >= 15 is 0 Å². The van der Waals surface area contributed by atoms with Crippen molar-refractivity contribution in [3.05, 3.63) is 39.5 Å². The summed E-state index contributed by atoms with van der Waals surface area (Å²) in [6, 6.07) is 5.12. The third-order valence-electron chi connectivity index (χ3n) is 5.90. The van der Waals surface area contributed by atoms with Crippen molar-refractivity contribution in [3.63, 3.8) is 0 Å². The maximum atomic E-state index is 13.5. The van der Waals surface area contributed by atoms with Crippen LogP contribution in [0.25, 0.3) is 5.57 Å². The molecule has 0 bridgehead atoms. The molecule has 2 fully saturated rings. The van der Waals surface area contributed by atoms with Crippen LogP contribution in [0.4, 0.5) is 0 Å². The van der Waals surface area contributed by atoms with E-state index in [2.05, 4.69) is 4.90 Å². The summed E-state index contributed by atoms with van der Waals surface area (Å²) in [5, 5.41) is 0.933. The number of carbonyl (C=O) groups excluding carboxylic acids is 2. The van der Waals surface area contributed by atoms with Gasteiger partial charge in [-0.1, -0.05) is 55.0 Å². The van der Waals surface area contributed by atoms with Crippen LogP contribution in [-0.4, -0.2) is 40.7 Å². The van der Waals surface area contributed by atoms with Crippen molar-refractivity contribution in [2.45, 2.75) is 57.4 Å². The molecule has 0 radical (unpaired) electrons. The first kappa shape index (κ1) is 18.8. The van der Waals surface area contributed by atoms with Crippen molar-refractivity contribution in [1.29, 1.82) is 0 Å². The summed E-state index contributed by atoms with van der Waals surface area (Å²) >= 11 is 12.5. The monoisotopic (exact) mass is 406 g/mol. The van der Waals surface area contributed by atoms with Crippen LogP contribution in [0.2, 0.25) is 10.0 Å². The number of halogens is 2. The van der Waals surface area contributed by atoms with Crippen molar-refractivity contribution >= 4 is 40.6 Å². The Morgan fingerprint density at radius 3 is 2.15 bits per heavy atom. The zero-order valence-electron chi connectivity index (χ0n) is 15.3. The Bertz CT molecular complexity index is 791. The van der Waals surface area contributed by atoms with Gasteiger partial charge in [-0.05, 0) is 37.8 Å². The zero-order valence-corrected chi connectivity index (χ0v) is 16.9. The minimum Gasteiger partial charge on any atom is -0.366 e. The van der Waals surface area contributed by atoms with E-state index in [4.69, 9.17) is 23.2 Å². The van der Waals surface area contributed by atoms with Gasteiger partial charge in [-0.3, -0.25) is 14.5 Å². The Morgan fingerprint density at radius 2 is 1.52 bits per heavy atom. The van der Waals surface area contributed by atoms with E-state index in [1.165, 1.54) is 17.7 Å². The van der Waals surface area contributed by atoms with Gasteiger partial charge in [0.05, 0.1) is 10.6 Å². The molecule has 1 saturated carbocycles. The van der Waals surface area contributed by atoms with Gasteiger partial charge in [0.25, 0.3) is 11.8 Å². The fourth-order valence-corrected chi connectivity index (χ4v) is 5.05. The van der Waals surface area contributed by atoms with Crippen LogP contribution in [0.5, 0.6) is 0 Å². The number of benzene rings is 1. The molecule has 1 aromatic rings. The Balaban J connectivity index is 1.78. The fraction of sp³-hybridized carbons (Fsp3) is 0.524. The van der Waals surface area contributed by atoms with Gasteiger partial charge in [0.1, 0.15) is 5.70 Å². The van der Waals surface area contributed by atoms with Gasteiger partial charge in [0, 0.05) is 29.7 Å². The summed E-state index contributed by atoms with van der Waals surface area (Å²) in [4.78, 5) is 30.5. The molecule has 0 N–H and O–H groups in total. The lowest BCUT2D eigenvalue weighted by Gasteiger charge is -2.26. The number of likely N-dealkylation sites (tertiary alicyclic amines) is 1. The molecule has 3 aliphatic rings. The molecule has 1 saturated heterocycles. The van der Waals surface area contributed by atoms with Crippen LogP contribution in [0, 0.1) is 0 Å². The van der Waals surface area contributed by atoms with Crippen molar-refractivity contribution in [2.24, 2.45) is 0 Å². The van der Waals surface area contributed by atoms with Gasteiger partial charge in [0.15, 0.2) is 0 Å². The van der Waals surface area contributed by atoms with Crippen LogP contribution in [0.15, 0.2) is 23.9 Å². The largest absolute Gasteiger partial charge is 0.366 e. The summed E-state index contributed by atoms with van der Waals surface area (Å²) in [5.74, 6) is -0.340. The second-order valence-corrected chi connectivity index (χ2v) is 8.51. The highest BCUT2D eigenvalue weighted by atomic mass is 35.5. The van der Waals surface area contributed by atoms with E-state index in [1.807, 2.05) is 0 Å². The predicted molar refractivity (Wildman–Crippen MR) is 108 cm³/mol. The van der Waals surface area contributed by atoms with Crippen LogP contribution in [-0.2, 0) is 9.59 Å². The number of hydrogen-bond donors (Lipinski definition) is 0. The molecule has 6 heteroatoms. The smallest absolute Gasteiger partial charge is 0.278 e. The first-order valence-corrected chi connectivity index (χ1v) is 10.7. The summed E-state index contributed by atoms with van der Waals surface area (Å²) in [5.41, 5.74) is 1.59. The van der Waals surface area contributed by atoms with Crippen LogP contribution < -0.4 is 0 Å². The minimum absolute atomic E-state index is 0.00585. The molecule has 144 valence electrons. The minimum atomic E-state index is -0.196. The van der Waals surface area contributed by atoms with Crippen molar-refractivity contribution < 1.29 is 9.59 Å². The first-order valence-electron chi connectivity index (χ1n) is 9.90. The average Bonchev–Trinajstić information content (AvgIpc) is 3.14. The molecule has 0 aromatic heterocycles. The van der Waals surface area contributed by atoms with E-state index in [1.54, 1.807) is 18.2 Å². The summed E-state index contributed by atoms with van der Waals surface area (Å²) in [6.45, 7) is 1.61. The zero-order chi connectivity index (χ0) is 19.0. The Hall–Kier alpha value is -1.52. The molecule has 1 aromatic carbocycles. The molecule has 1 aliphatic carbocycles. The van der Waals surface area contributed by atoms with Crippen LogP contribution in [0.3, 0.4) is 0 Å². The van der Waals surface area contributed by atoms with E-state index in [9.17, 15) is 9.59 Å². The standard InChI is InChI=1S/C21H24Cl2N2O2/c22-14-9-10-16(17(23)13-14)18-19(24-11-5-6-12-24)21(27)25(20(18)26)15-7-3-1-2-4-8-15/h9-10,13,15H,1-8,11-12H2. The lowest BCUT2D eigenvalue weighted by molar-refractivity contribution is -0.140. The molecule has 2 heterocycles. The van der Waals surface area contributed by atoms with Crippen molar-refractivity contribution in [3.8, 4) is 0 Å². The van der Waals surface area contributed by atoms with Crippen molar-refractivity contribution in [1.82, 2.24) is 9.80 Å². The highest BCUT2D eigenvalue weighted by Gasteiger charge is 2.45. The molecule has 4 nitrogen and oxygen atoms in total. The molecule has 0 spiro atoms. The maximum absolute atomic E-state index is 13.5. The molecule has 2 amide bonds. The van der Waals surface area contributed by atoms with E-state index in [0.717, 1.165) is 51.6 Å². The number of nitrogens with zero attached hydrogens (tertiary/aromatic N) is 2. The van der Waals surface area contributed by atoms with Gasteiger partial charge >= 0.3 is 0 Å². The first-order chi connectivity index (χ1) is 13.1. The van der Waals surface area contributed by atoms with Crippen LogP contribution >= 0.6 is 23.2 Å². The lowest BCUT2D eigenvalue weighted by atomic mass is 10.0. The summed E-state index contributed by atoms with van der Waals surface area (Å²) in [7, 11) is 0. The Labute approximate surface area is 170 Å². The Kier molecular flexibility index (Phi) is 5.47. The second kappa shape index (κ2) is 7.84. The van der Waals surface area contributed by atoms with Gasteiger partial charge in [-0.25, -0.2) is 0 Å². The van der Waals surface area contributed by atoms with Gasteiger partial charge in [0.2, 0.25) is 0 Å². The van der Waals surface area contributed by atoms with Gasteiger partial charge in [-0.15, -0.1) is 0 Å². The molecule has 0 unspecified atom stereocenters. The molecular formula is C21H24Cl2N2O2.